The van der Waals surface area contributed by atoms with E-state index in [0.29, 0.717) is 12.3 Å². The first kappa shape index (κ1) is 16.7. The number of ether oxygens (including phenoxy) is 1. The Bertz CT molecular complexity index is 763. The van der Waals surface area contributed by atoms with Crippen LogP contribution in [0.5, 0.6) is 0 Å². The lowest BCUT2D eigenvalue weighted by Crippen LogP contribution is -2.25. The number of nitrogens with one attached hydrogen (secondary N) is 1. The number of amides is 1. The number of aryl methyl sites for hydroxylation is 2. The summed E-state index contributed by atoms with van der Waals surface area (Å²) in [7, 11) is 0. The van der Waals surface area contributed by atoms with Crippen molar-refractivity contribution in [2.75, 3.05) is 0 Å². The summed E-state index contributed by atoms with van der Waals surface area (Å²) in [5.74, 6) is 0.423. The number of hydrazone groups is 1. The van der Waals surface area contributed by atoms with Crippen LogP contribution in [0, 0.1) is 13.8 Å². The molecule has 0 unspecified atom stereocenters. The molecule has 0 spiro atoms. The van der Waals surface area contributed by atoms with Crippen molar-refractivity contribution in [2.45, 2.75) is 39.8 Å². The fourth-order valence-corrected chi connectivity index (χ4v) is 2.99. The van der Waals surface area contributed by atoms with Crippen molar-refractivity contribution in [3.8, 4) is 0 Å². The molecule has 1 N–H and O–H groups in total. The molecule has 0 bridgehead atoms. The molecule has 0 saturated carbocycles. The van der Waals surface area contributed by atoms with Crippen molar-refractivity contribution in [3.05, 3.63) is 51.3 Å². The van der Waals surface area contributed by atoms with Crippen molar-refractivity contribution in [3.63, 3.8) is 0 Å². The number of carbonyl (C=O) groups is 1. The van der Waals surface area contributed by atoms with E-state index in [0.717, 1.165) is 27.8 Å². The average molecular weight is 391 g/mol. The van der Waals surface area contributed by atoms with Gasteiger partial charge in [-0.15, -0.1) is 5.10 Å². The number of halogens is 1. The fraction of sp³-hybridized carbons (Fsp3) is 0.353. The van der Waals surface area contributed by atoms with Gasteiger partial charge in [0.15, 0.2) is 0 Å². The van der Waals surface area contributed by atoms with Crippen LogP contribution in [0.15, 0.2) is 33.8 Å². The SMILES string of the molecule is CC(=O)N1N=C(CCc2c(C)n[nH]c2C)O[C@@H]1c1ccc(Br)cc1. The van der Waals surface area contributed by atoms with Gasteiger partial charge in [-0.2, -0.15) is 10.1 Å². The minimum absolute atomic E-state index is 0.145. The van der Waals surface area contributed by atoms with Crippen molar-refractivity contribution in [1.82, 2.24) is 15.2 Å². The van der Waals surface area contributed by atoms with E-state index in [-0.39, 0.29) is 5.91 Å². The Morgan fingerprint density at radius 2 is 2.00 bits per heavy atom. The van der Waals surface area contributed by atoms with Gasteiger partial charge >= 0.3 is 0 Å². The second-order valence-electron chi connectivity index (χ2n) is 5.79. The smallest absolute Gasteiger partial charge is 0.243 e. The standard InChI is InChI=1S/C17H19BrN4O2/c1-10-15(11(2)20-19-10)8-9-16-21-22(12(3)23)17(24-16)13-4-6-14(18)7-5-13/h4-7,17H,8-9H2,1-3H3,(H,19,20)/t17-/m1/s1. The molecule has 7 heteroatoms. The summed E-state index contributed by atoms with van der Waals surface area (Å²) in [4.78, 5) is 11.9. The van der Waals surface area contributed by atoms with Crippen molar-refractivity contribution >= 4 is 27.7 Å². The normalized spacial score (nSPS) is 16.9. The van der Waals surface area contributed by atoms with Crippen LogP contribution in [-0.2, 0) is 16.0 Å². The van der Waals surface area contributed by atoms with Gasteiger partial charge in [-0.05, 0) is 38.0 Å². The van der Waals surface area contributed by atoms with Gasteiger partial charge in [0.25, 0.3) is 0 Å². The number of aromatic amines is 1. The summed E-state index contributed by atoms with van der Waals surface area (Å²) < 4.78 is 6.93. The highest BCUT2D eigenvalue weighted by atomic mass is 79.9. The topological polar surface area (TPSA) is 70.6 Å². The van der Waals surface area contributed by atoms with E-state index in [1.165, 1.54) is 17.5 Å². The third-order valence-corrected chi connectivity index (χ3v) is 4.57. The number of H-pyrrole nitrogens is 1. The molecule has 1 atom stereocenters. The zero-order valence-corrected chi connectivity index (χ0v) is 15.4. The number of benzene rings is 1. The summed E-state index contributed by atoms with van der Waals surface area (Å²) in [6.07, 6.45) is 0.890. The van der Waals surface area contributed by atoms with Gasteiger partial charge in [0.05, 0.1) is 5.69 Å². The minimum atomic E-state index is -0.503. The van der Waals surface area contributed by atoms with E-state index in [1.54, 1.807) is 0 Å². The number of aromatic nitrogens is 2. The molecule has 1 aliphatic heterocycles. The van der Waals surface area contributed by atoms with E-state index in [4.69, 9.17) is 4.74 Å². The quantitative estimate of drug-likeness (QED) is 0.866. The number of hydrogen-bond acceptors (Lipinski definition) is 4. The van der Waals surface area contributed by atoms with Crippen LogP contribution in [0.4, 0.5) is 0 Å². The zero-order valence-electron chi connectivity index (χ0n) is 13.8. The monoisotopic (exact) mass is 390 g/mol. The van der Waals surface area contributed by atoms with Gasteiger partial charge in [-0.25, -0.2) is 0 Å². The lowest BCUT2D eigenvalue weighted by atomic mass is 10.1. The first-order valence-corrected chi connectivity index (χ1v) is 8.55. The predicted octanol–water partition coefficient (Wildman–Crippen LogP) is 3.61. The van der Waals surface area contributed by atoms with Crippen molar-refractivity contribution < 1.29 is 9.53 Å². The van der Waals surface area contributed by atoms with Gasteiger partial charge in [0.1, 0.15) is 0 Å². The maximum absolute atomic E-state index is 11.9. The number of hydrogen-bond donors (Lipinski definition) is 1. The molecule has 0 saturated heterocycles. The Hall–Kier alpha value is -2.15. The zero-order chi connectivity index (χ0) is 17.3. The summed E-state index contributed by atoms with van der Waals surface area (Å²) in [6, 6.07) is 7.70. The lowest BCUT2D eigenvalue weighted by Gasteiger charge is -2.19. The van der Waals surface area contributed by atoms with E-state index in [1.807, 2.05) is 38.1 Å². The Balaban J connectivity index is 1.74. The van der Waals surface area contributed by atoms with Gasteiger partial charge in [-0.3, -0.25) is 9.89 Å². The highest BCUT2D eigenvalue weighted by Crippen LogP contribution is 2.30. The molecule has 24 heavy (non-hydrogen) atoms. The Labute approximate surface area is 149 Å². The fourth-order valence-electron chi connectivity index (χ4n) is 2.73. The van der Waals surface area contributed by atoms with Crippen LogP contribution in [0.1, 0.15) is 42.1 Å². The maximum atomic E-state index is 11.9. The third-order valence-electron chi connectivity index (χ3n) is 4.04. The Morgan fingerprint density at radius 1 is 1.29 bits per heavy atom. The lowest BCUT2D eigenvalue weighted by molar-refractivity contribution is -0.135. The molecule has 1 amide bonds. The van der Waals surface area contributed by atoms with Crippen molar-refractivity contribution in [2.24, 2.45) is 5.10 Å². The van der Waals surface area contributed by atoms with E-state index in [9.17, 15) is 4.79 Å². The maximum Gasteiger partial charge on any atom is 0.243 e. The third kappa shape index (κ3) is 3.36. The molecule has 126 valence electrons. The van der Waals surface area contributed by atoms with Crippen LogP contribution in [0.3, 0.4) is 0 Å². The van der Waals surface area contributed by atoms with Crippen LogP contribution in [0.25, 0.3) is 0 Å². The molecule has 0 aliphatic carbocycles. The van der Waals surface area contributed by atoms with E-state index in [2.05, 4.69) is 31.2 Å². The highest BCUT2D eigenvalue weighted by Gasteiger charge is 2.32. The summed E-state index contributed by atoms with van der Waals surface area (Å²) in [5, 5.41) is 12.9. The summed E-state index contributed by atoms with van der Waals surface area (Å²) in [5.41, 5.74) is 4.10. The molecule has 1 aliphatic rings. The Morgan fingerprint density at radius 3 is 2.58 bits per heavy atom. The molecule has 0 fully saturated rings. The van der Waals surface area contributed by atoms with E-state index < -0.39 is 6.23 Å². The summed E-state index contributed by atoms with van der Waals surface area (Å²) in [6.45, 7) is 5.47. The molecule has 2 aromatic rings. The van der Waals surface area contributed by atoms with Gasteiger partial charge in [0.2, 0.25) is 18.0 Å². The largest absolute Gasteiger partial charge is 0.449 e. The van der Waals surface area contributed by atoms with Gasteiger partial charge < -0.3 is 4.74 Å². The van der Waals surface area contributed by atoms with Crippen LogP contribution in [0.2, 0.25) is 0 Å². The molecular formula is C17H19BrN4O2. The molecular weight excluding hydrogens is 372 g/mol. The van der Waals surface area contributed by atoms with Gasteiger partial charge in [-0.1, -0.05) is 28.1 Å². The first-order valence-electron chi connectivity index (χ1n) is 7.75. The van der Waals surface area contributed by atoms with Crippen LogP contribution in [-0.4, -0.2) is 27.0 Å². The second kappa shape index (κ2) is 6.76. The number of carbonyl (C=O) groups excluding carboxylic acids is 1. The van der Waals surface area contributed by atoms with E-state index >= 15 is 0 Å². The minimum Gasteiger partial charge on any atom is -0.449 e. The van der Waals surface area contributed by atoms with Crippen LogP contribution >= 0.6 is 15.9 Å². The van der Waals surface area contributed by atoms with Crippen LogP contribution < -0.4 is 0 Å². The molecule has 1 aromatic carbocycles. The Kier molecular flexibility index (Phi) is 4.71. The number of rotatable bonds is 4. The first-order chi connectivity index (χ1) is 11.5. The predicted molar refractivity (Wildman–Crippen MR) is 94.3 cm³/mol. The molecule has 2 heterocycles. The average Bonchev–Trinajstić information content (AvgIpc) is 3.11. The summed E-state index contributed by atoms with van der Waals surface area (Å²) >= 11 is 3.41. The molecule has 0 radical (unpaired) electrons. The number of nitrogens with zero attached hydrogens (tertiary/aromatic N) is 3. The molecule has 6 nitrogen and oxygen atoms in total. The van der Waals surface area contributed by atoms with Crippen molar-refractivity contribution in [1.29, 1.82) is 0 Å². The van der Waals surface area contributed by atoms with Gasteiger partial charge in [0, 0.05) is 29.1 Å². The molecule has 1 aromatic heterocycles. The molecule has 3 rings (SSSR count). The highest BCUT2D eigenvalue weighted by molar-refractivity contribution is 9.10. The second-order valence-corrected chi connectivity index (χ2v) is 6.71.